The van der Waals surface area contributed by atoms with Crippen LogP contribution in [-0.4, -0.2) is 50.0 Å². The molecular weight excluding hydrogens is 372 g/mol. The van der Waals surface area contributed by atoms with Gasteiger partial charge in [-0.15, -0.1) is 0 Å². The Kier molecular flexibility index (Phi) is 5.71. The maximum absolute atomic E-state index is 13.2. The highest BCUT2D eigenvalue weighted by atomic mass is 28.4. The summed E-state index contributed by atoms with van der Waals surface area (Å²) in [6, 6.07) is 9.71. The van der Waals surface area contributed by atoms with Crippen molar-refractivity contribution in [1.82, 2.24) is 10.2 Å². The minimum Gasteiger partial charge on any atom is -0.414 e. The predicted octanol–water partition coefficient (Wildman–Crippen LogP) is 3.04. The van der Waals surface area contributed by atoms with E-state index in [1.165, 1.54) is 0 Å². The third-order valence-electron chi connectivity index (χ3n) is 6.15. The molecule has 1 spiro atoms. The third-order valence-corrected chi connectivity index (χ3v) is 10.6. The van der Waals surface area contributed by atoms with Gasteiger partial charge < -0.3 is 19.4 Å². The maximum Gasteiger partial charge on any atom is 0.276 e. The zero-order valence-electron chi connectivity index (χ0n) is 17.6. The van der Waals surface area contributed by atoms with Crippen molar-refractivity contribution in [3.8, 4) is 0 Å². The first-order chi connectivity index (χ1) is 13.0. The lowest BCUT2D eigenvalue weighted by Crippen LogP contribution is -2.66. The van der Waals surface area contributed by atoms with Gasteiger partial charge in [0.05, 0.1) is 12.7 Å². The smallest absolute Gasteiger partial charge is 0.276 e. The van der Waals surface area contributed by atoms with Crippen molar-refractivity contribution in [3.63, 3.8) is 0 Å². The number of carbonyl (C=O) groups excluding carboxylic acids is 2. The molecule has 2 saturated heterocycles. The van der Waals surface area contributed by atoms with Gasteiger partial charge in [-0.2, -0.15) is 0 Å². The number of nitrogens with zero attached hydrogens (tertiary/aromatic N) is 1. The van der Waals surface area contributed by atoms with Gasteiger partial charge in [0.2, 0.25) is 11.6 Å². The molecule has 2 amide bonds. The summed E-state index contributed by atoms with van der Waals surface area (Å²) in [5.41, 5.74) is -0.248. The number of hydrogen-bond donors (Lipinski definition) is 1. The Labute approximate surface area is 168 Å². The fourth-order valence-corrected chi connectivity index (χ4v) is 4.44. The maximum atomic E-state index is 13.2. The number of amides is 2. The molecular formula is C21H32N2O4Si. The predicted molar refractivity (Wildman–Crippen MR) is 110 cm³/mol. The van der Waals surface area contributed by atoms with Gasteiger partial charge in [-0.3, -0.25) is 9.59 Å². The number of carbonyl (C=O) groups is 2. The van der Waals surface area contributed by atoms with Crippen molar-refractivity contribution in [2.45, 2.75) is 70.1 Å². The number of hydrogen-bond acceptors (Lipinski definition) is 4. The molecule has 154 valence electrons. The molecule has 2 heterocycles. The van der Waals surface area contributed by atoms with Crippen molar-refractivity contribution >= 4 is 20.1 Å². The molecule has 0 aromatic heterocycles. The molecule has 6 nitrogen and oxygen atoms in total. The average molecular weight is 405 g/mol. The summed E-state index contributed by atoms with van der Waals surface area (Å²) in [4.78, 5) is 27.1. The van der Waals surface area contributed by atoms with Crippen LogP contribution in [0.15, 0.2) is 30.3 Å². The van der Waals surface area contributed by atoms with Crippen LogP contribution in [0.2, 0.25) is 18.1 Å². The molecule has 28 heavy (non-hydrogen) atoms. The summed E-state index contributed by atoms with van der Waals surface area (Å²) in [5, 5.41) is 2.93. The third kappa shape index (κ3) is 4.31. The van der Waals surface area contributed by atoms with E-state index in [9.17, 15) is 9.59 Å². The zero-order valence-corrected chi connectivity index (χ0v) is 18.6. The molecule has 2 fully saturated rings. The van der Waals surface area contributed by atoms with Gasteiger partial charge in [0.15, 0.2) is 8.32 Å². The van der Waals surface area contributed by atoms with E-state index in [4.69, 9.17) is 9.16 Å². The Morgan fingerprint density at radius 1 is 1.25 bits per heavy atom. The van der Waals surface area contributed by atoms with E-state index in [1.54, 1.807) is 4.90 Å². The zero-order chi connectivity index (χ0) is 20.6. The molecule has 0 unspecified atom stereocenters. The molecule has 2 aliphatic heterocycles. The van der Waals surface area contributed by atoms with E-state index < -0.39 is 14.0 Å². The number of piperazine rings is 1. The second kappa shape index (κ2) is 7.61. The minimum atomic E-state index is -1.89. The van der Waals surface area contributed by atoms with Gasteiger partial charge in [-0.25, -0.2) is 0 Å². The Bertz CT molecular complexity index is 732. The normalized spacial score (nSPS) is 26.0. The van der Waals surface area contributed by atoms with Crippen LogP contribution in [0.1, 0.15) is 39.2 Å². The fraction of sp³-hybridized carbons (Fsp3) is 0.619. The molecule has 3 rings (SSSR count). The largest absolute Gasteiger partial charge is 0.414 e. The van der Waals surface area contributed by atoms with Crippen molar-refractivity contribution in [1.29, 1.82) is 0 Å². The van der Waals surface area contributed by atoms with Crippen LogP contribution in [0.5, 0.6) is 0 Å². The topological polar surface area (TPSA) is 67.9 Å². The molecule has 1 aromatic rings. The number of benzene rings is 1. The van der Waals surface area contributed by atoms with Crippen molar-refractivity contribution < 1.29 is 18.8 Å². The van der Waals surface area contributed by atoms with E-state index in [0.29, 0.717) is 26.0 Å². The highest BCUT2D eigenvalue weighted by molar-refractivity contribution is 6.74. The van der Waals surface area contributed by atoms with Crippen LogP contribution in [0.4, 0.5) is 0 Å². The lowest BCUT2D eigenvalue weighted by Gasteiger charge is -2.40. The average Bonchev–Trinajstić information content (AvgIpc) is 3.01. The monoisotopic (exact) mass is 404 g/mol. The van der Waals surface area contributed by atoms with Crippen LogP contribution in [0, 0.1) is 0 Å². The van der Waals surface area contributed by atoms with E-state index in [-0.39, 0.29) is 29.5 Å². The van der Waals surface area contributed by atoms with Crippen LogP contribution in [-0.2, 0) is 25.3 Å². The highest BCUT2D eigenvalue weighted by Crippen LogP contribution is 2.38. The van der Waals surface area contributed by atoms with Crippen LogP contribution >= 0.6 is 0 Å². The van der Waals surface area contributed by atoms with E-state index in [0.717, 1.165) is 5.56 Å². The molecule has 7 heteroatoms. The Hall–Kier alpha value is -1.70. The van der Waals surface area contributed by atoms with Gasteiger partial charge >= 0.3 is 0 Å². The minimum absolute atomic E-state index is 0.0595. The summed E-state index contributed by atoms with van der Waals surface area (Å²) < 4.78 is 12.4. The summed E-state index contributed by atoms with van der Waals surface area (Å²) >= 11 is 0. The quantitative estimate of drug-likeness (QED) is 0.766. The molecule has 1 aromatic carbocycles. The number of nitrogens with one attached hydrogen (secondary N) is 1. The standard InChI is InChI=1S/C21H32N2O4Si/c1-20(2,3)28(4,5)26-15-17-11-12-21(27-17)19(25)23(14-18(24)22-21)13-16-9-7-6-8-10-16/h6-10,17H,11-15H2,1-5H3,(H,22,24)/t17-,21+/m0/s1. The summed E-state index contributed by atoms with van der Waals surface area (Å²) in [6.07, 6.45) is 0.990. The van der Waals surface area contributed by atoms with Crippen molar-refractivity contribution in [2.24, 2.45) is 0 Å². The van der Waals surface area contributed by atoms with Crippen LogP contribution in [0.25, 0.3) is 0 Å². The van der Waals surface area contributed by atoms with Gasteiger partial charge in [0.1, 0.15) is 6.54 Å². The Morgan fingerprint density at radius 3 is 2.57 bits per heavy atom. The second-order valence-electron chi connectivity index (χ2n) is 9.37. The van der Waals surface area contributed by atoms with Crippen molar-refractivity contribution in [3.05, 3.63) is 35.9 Å². The van der Waals surface area contributed by atoms with Gasteiger partial charge in [0, 0.05) is 13.0 Å². The molecule has 2 atom stereocenters. The Morgan fingerprint density at radius 2 is 1.93 bits per heavy atom. The molecule has 0 bridgehead atoms. The first kappa shape index (κ1) is 21.0. The molecule has 1 N–H and O–H groups in total. The van der Waals surface area contributed by atoms with Gasteiger partial charge in [0.25, 0.3) is 5.91 Å². The van der Waals surface area contributed by atoms with E-state index in [2.05, 4.69) is 39.2 Å². The molecule has 0 radical (unpaired) electrons. The highest BCUT2D eigenvalue weighted by Gasteiger charge is 2.53. The van der Waals surface area contributed by atoms with Gasteiger partial charge in [-0.1, -0.05) is 51.1 Å². The molecule has 0 saturated carbocycles. The van der Waals surface area contributed by atoms with E-state index in [1.807, 2.05) is 30.3 Å². The second-order valence-corrected chi connectivity index (χ2v) is 14.2. The lowest BCUT2D eigenvalue weighted by molar-refractivity contribution is -0.175. The van der Waals surface area contributed by atoms with Crippen molar-refractivity contribution in [2.75, 3.05) is 13.2 Å². The molecule has 0 aliphatic carbocycles. The number of rotatable bonds is 5. The summed E-state index contributed by atoms with van der Waals surface area (Å²) in [7, 11) is -1.89. The summed E-state index contributed by atoms with van der Waals surface area (Å²) in [6.45, 7) is 11.9. The van der Waals surface area contributed by atoms with E-state index >= 15 is 0 Å². The van der Waals surface area contributed by atoms with Gasteiger partial charge in [-0.05, 0) is 30.1 Å². The number of ether oxygens (including phenoxy) is 1. The molecule has 2 aliphatic rings. The SMILES string of the molecule is CC(C)(C)[Si](C)(C)OC[C@@H]1CC[C@@]2(NC(=O)CN(Cc3ccccc3)C2=O)O1. The summed E-state index contributed by atoms with van der Waals surface area (Å²) in [5.74, 6) is -0.340. The lowest BCUT2D eigenvalue weighted by atomic mass is 10.0. The fourth-order valence-electron chi connectivity index (χ4n) is 3.40. The Balaban J connectivity index is 1.66. The van der Waals surface area contributed by atoms with Crippen LogP contribution in [0.3, 0.4) is 0 Å². The van der Waals surface area contributed by atoms with Crippen LogP contribution < -0.4 is 5.32 Å². The first-order valence-corrected chi connectivity index (χ1v) is 12.9. The first-order valence-electron chi connectivity index (χ1n) is 9.98.